The maximum absolute atomic E-state index is 12.7. The smallest absolute Gasteiger partial charge is 0.257 e. The fraction of sp³-hybridized carbons (Fsp3) is 0.600. The Bertz CT molecular complexity index is 538. The van der Waals surface area contributed by atoms with Gasteiger partial charge in [-0.3, -0.25) is 4.79 Å². The standard InChI is InChI=1S/C15H20ClN3O2/c16-12-5-4-11(13(17)18-12)14(20)19-8-9-21-15(10-19)6-2-1-3-7-15/h4-5H,1-3,6-10H2,(H2,17,18). The van der Waals surface area contributed by atoms with Gasteiger partial charge in [-0.2, -0.15) is 0 Å². The summed E-state index contributed by atoms with van der Waals surface area (Å²) in [4.78, 5) is 18.5. The molecule has 1 saturated heterocycles. The molecule has 1 spiro atoms. The molecule has 6 heteroatoms. The Balaban J connectivity index is 1.77. The minimum Gasteiger partial charge on any atom is -0.383 e. The lowest BCUT2D eigenvalue weighted by molar-refractivity contribution is -0.117. The summed E-state index contributed by atoms with van der Waals surface area (Å²) in [7, 11) is 0. The van der Waals surface area contributed by atoms with E-state index in [0.717, 1.165) is 12.8 Å². The van der Waals surface area contributed by atoms with Gasteiger partial charge in [0.15, 0.2) is 0 Å². The normalized spacial score (nSPS) is 21.5. The summed E-state index contributed by atoms with van der Waals surface area (Å²) in [6, 6.07) is 3.25. The second-order valence-electron chi connectivity index (χ2n) is 5.89. The molecule has 1 amide bonds. The molecule has 0 atom stereocenters. The molecule has 1 saturated carbocycles. The van der Waals surface area contributed by atoms with Gasteiger partial charge < -0.3 is 15.4 Å². The van der Waals surface area contributed by atoms with Crippen molar-refractivity contribution in [3.8, 4) is 0 Å². The maximum Gasteiger partial charge on any atom is 0.257 e. The monoisotopic (exact) mass is 309 g/mol. The molecule has 0 unspecified atom stereocenters. The van der Waals surface area contributed by atoms with Crippen molar-refractivity contribution in [1.29, 1.82) is 0 Å². The van der Waals surface area contributed by atoms with Crippen LogP contribution in [0, 0.1) is 0 Å². The highest BCUT2D eigenvalue weighted by Gasteiger charge is 2.39. The number of rotatable bonds is 1. The van der Waals surface area contributed by atoms with Crippen LogP contribution in [-0.2, 0) is 4.74 Å². The molecule has 21 heavy (non-hydrogen) atoms. The van der Waals surface area contributed by atoms with E-state index in [-0.39, 0.29) is 17.3 Å². The number of nitrogen functional groups attached to an aromatic ring is 1. The third kappa shape index (κ3) is 2.99. The Morgan fingerprint density at radius 3 is 2.81 bits per heavy atom. The molecule has 0 bridgehead atoms. The average Bonchev–Trinajstić information content (AvgIpc) is 2.47. The topological polar surface area (TPSA) is 68.5 Å². The molecular formula is C15H20ClN3O2. The van der Waals surface area contributed by atoms with E-state index >= 15 is 0 Å². The van der Waals surface area contributed by atoms with Crippen LogP contribution in [0.2, 0.25) is 5.15 Å². The summed E-state index contributed by atoms with van der Waals surface area (Å²) in [5.41, 5.74) is 6.10. The fourth-order valence-corrected chi connectivity index (χ4v) is 3.47. The van der Waals surface area contributed by atoms with Crippen molar-refractivity contribution < 1.29 is 9.53 Å². The lowest BCUT2D eigenvalue weighted by Gasteiger charge is -2.45. The summed E-state index contributed by atoms with van der Waals surface area (Å²) in [5.74, 6) is 0.113. The Labute approximate surface area is 129 Å². The zero-order valence-electron chi connectivity index (χ0n) is 12.0. The van der Waals surface area contributed by atoms with Crippen LogP contribution in [0.15, 0.2) is 12.1 Å². The van der Waals surface area contributed by atoms with Crippen LogP contribution in [0.1, 0.15) is 42.5 Å². The first-order chi connectivity index (χ1) is 10.1. The number of morpholine rings is 1. The molecule has 1 aromatic heterocycles. The van der Waals surface area contributed by atoms with E-state index in [2.05, 4.69) is 4.98 Å². The number of nitrogens with two attached hydrogens (primary N) is 1. The van der Waals surface area contributed by atoms with Crippen molar-refractivity contribution in [2.24, 2.45) is 0 Å². The van der Waals surface area contributed by atoms with Gasteiger partial charge in [0.05, 0.1) is 24.3 Å². The van der Waals surface area contributed by atoms with Crippen LogP contribution < -0.4 is 5.73 Å². The Morgan fingerprint density at radius 2 is 2.10 bits per heavy atom. The number of carbonyl (C=O) groups is 1. The molecule has 1 aliphatic heterocycles. The number of hydrogen-bond acceptors (Lipinski definition) is 4. The largest absolute Gasteiger partial charge is 0.383 e. The van der Waals surface area contributed by atoms with Gasteiger partial charge in [0, 0.05) is 6.54 Å². The number of pyridine rings is 1. The quantitative estimate of drug-likeness (QED) is 0.809. The van der Waals surface area contributed by atoms with Gasteiger partial charge in [0.1, 0.15) is 11.0 Å². The number of nitrogens with zero attached hydrogens (tertiary/aromatic N) is 2. The van der Waals surface area contributed by atoms with E-state index in [0.29, 0.717) is 30.4 Å². The van der Waals surface area contributed by atoms with Crippen molar-refractivity contribution in [1.82, 2.24) is 9.88 Å². The molecule has 3 rings (SSSR count). The van der Waals surface area contributed by atoms with Crippen molar-refractivity contribution in [3.05, 3.63) is 22.8 Å². The number of halogens is 1. The van der Waals surface area contributed by atoms with Crippen molar-refractivity contribution in [2.45, 2.75) is 37.7 Å². The van der Waals surface area contributed by atoms with Gasteiger partial charge in [0.25, 0.3) is 5.91 Å². The van der Waals surface area contributed by atoms with Crippen LogP contribution in [0.4, 0.5) is 5.82 Å². The SMILES string of the molecule is Nc1nc(Cl)ccc1C(=O)N1CCOC2(CCCCC2)C1. The molecule has 0 radical (unpaired) electrons. The van der Waals surface area contributed by atoms with Gasteiger partial charge >= 0.3 is 0 Å². The molecule has 2 heterocycles. The molecular weight excluding hydrogens is 290 g/mol. The zero-order chi connectivity index (χ0) is 14.9. The molecule has 2 fully saturated rings. The van der Waals surface area contributed by atoms with Crippen LogP contribution in [0.25, 0.3) is 0 Å². The number of hydrogen-bond donors (Lipinski definition) is 1. The van der Waals surface area contributed by atoms with E-state index in [4.69, 9.17) is 22.1 Å². The van der Waals surface area contributed by atoms with Crippen molar-refractivity contribution in [3.63, 3.8) is 0 Å². The van der Waals surface area contributed by atoms with Crippen molar-refractivity contribution in [2.75, 3.05) is 25.4 Å². The third-order valence-electron chi connectivity index (χ3n) is 4.42. The van der Waals surface area contributed by atoms with Gasteiger partial charge in [-0.1, -0.05) is 30.9 Å². The number of amides is 1. The molecule has 1 aliphatic carbocycles. The number of carbonyl (C=O) groups excluding carboxylic acids is 1. The second kappa shape index (κ2) is 5.81. The Morgan fingerprint density at radius 1 is 1.33 bits per heavy atom. The van der Waals surface area contributed by atoms with Gasteiger partial charge in [0.2, 0.25) is 0 Å². The lowest BCUT2D eigenvalue weighted by atomic mass is 9.83. The third-order valence-corrected chi connectivity index (χ3v) is 4.63. The predicted octanol–water partition coefficient (Wildman–Crippen LogP) is 2.49. The number of ether oxygens (including phenoxy) is 1. The highest BCUT2D eigenvalue weighted by molar-refractivity contribution is 6.29. The summed E-state index contributed by atoms with van der Waals surface area (Å²) >= 11 is 5.79. The van der Waals surface area contributed by atoms with E-state index < -0.39 is 0 Å². The van der Waals surface area contributed by atoms with Gasteiger partial charge in [-0.15, -0.1) is 0 Å². The molecule has 2 N–H and O–H groups in total. The van der Waals surface area contributed by atoms with Crippen LogP contribution in [0.3, 0.4) is 0 Å². The zero-order valence-corrected chi connectivity index (χ0v) is 12.7. The van der Waals surface area contributed by atoms with Crippen LogP contribution >= 0.6 is 11.6 Å². The van der Waals surface area contributed by atoms with E-state index in [9.17, 15) is 4.79 Å². The first-order valence-electron chi connectivity index (χ1n) is 7.45. The molecule has 1 aromatic rings. The van der Waals surface area contributed by atoms with Crippen molar-refractivity contribution >= 4 is 23.3 Å². The number of anilines is 1. The summed E-state index contributed by atoms with van der Waals surface area (Å²) < 4.78 is 6.01. The summed E-state index contributed by atoms with van der Waals surface area (Å²) in [6.07, 6.45) is 5.67. The van der Waals surface area contributed by atoms with Crippen LogP contribution in [0.5, 0.6) is 0 Å². The molecule has 0 aromatic carbocycles. The highest BCUT2D eigenvalue weighted by atomic mass is 35.5. The van der Waals surface area contributed by atoms with Crippen LogP contribution in [-0.4, -0.2) is 41.1 Å². The minimum atomic E-state index is -0.152. The first kappa shape index (κ1) is 14.6. The Kier molecular flexibility index (Phi) is 4.04. The van der Waals surface area contributed by atoms with Gasteiger partial charge in [-0.05, 0) is 25.0 Å². The highest BCUT2D eigenvalue weighted by Crippen LogP contribution is 2.35. The van der Waals surface area contributed by atoms with E-state index in [1.807, 2.05) is 4.90 Å². The number of aromatic nitrogens is 1. The first-order valence-corrected chi connectivity index (χ1v) is 7.83. The summed E-state index contributed by atoms with van der Waals surface area (Å²) in [5, 5.41) is 0.301. The predicted molar refractivity (Wildman–Crippen MR) is 81.3 cm³/mol. The Hall–Kier alpha value is -1.33. The molecule has 114 valence electrons. The average molecular weight is 310 g/mol. The fourth-order valence-electron chi connectivity index (χ4n) is 3.32. The van der Waals surface area contributed by atoms with E-state index in [1.165, 1.54) is 19.3 Å². The maximum atomic E-state index is 12.7. The minimum absolute atomic E-state index is 0.0788. The molecule has 2 aliphatic rings. The molecule has 5 nitrogen and oxygen atoms in total. The lowest BCUT2D eigenvalue weighted by Crippen LogP contribution is -2.54. The summed E-state index contributed by atoms with van der Waals surface area (Å²) in [6.45, 7) is 1.84. The second-order valence-corrected chi connectivity index (χ2v) is 6.27. The van der Waals surface area contributed by atoms with Gasteiger partial charge in [-0.25, -0.2) is 4.98 Å². The van der Waals surface area contributed by atoms with E-state index in [1.54, 1.807) is 12.1 Å².